The van der Waals surface area contributed by atoms with E-state index in [2.05, 4.69) is 15.3 Å². The van der Waals surface area contributed by atoms with Gasteiger partial charge in [0.2, 0.25) is 5.91 Å². The third kappa shape index (κ3) is 1.81. The van der Waals surface area contributed by atoms with Crippen LogP contribution in [0.25, 0.3) is 10.2 Å². The van der Waals surface area contributed by atoms with E-state index in [-0.39, 0.29) is 19.0 Å². The van der Waals surface area contributed by atoms with E-state index in [1.807, 2.05) is 11.4 Å². The third-order valence-electron chi connectivity index (χ3n) is 2.56. The number of fused-ring (bicyclic) bond motifs is 1. The molecular formula is C10H7ClN4O2S. The first-order valence-electron chi connectivity index (χ1n) is 5.13. The molecule has 1 aliphatic rings. The van der Waals surface area contributed by atoms with Gasteiger partial charge in [-0.1, -0.05) is 11.6 Å². The molecule has 0 bridgehead atoms. The fourth-order valence-corrected chi connectivity index (χ4v) is 2.78. The number of carbonyl (C=O) groups excluding carboxylic acids is 2. The van der Waals surface area contributed by atoms with Gasteiger partial charge < -0.3 is 5.32 Å². The van der Waals surface area contributed by atoms with Crippen LogP contribution >= 0.6 is 22.9 Å². The molecule has 1 aliphatic heterocycles. The largest absolute Gasteiger partial charge is 0.329 e. The summed E-state index contributed by atoms with van der Waals surface area (Å²) in [5.74, 6) is 0.0753. The summed E-state index contributed by atoms with van der Waals surface area (Å²) in [5.41, 5.74) is 0. The van der Waals surface area contributed by atoms with E-state index in [1.165, 1.54) is 11.3 Å². The fourth-order valence-electron chi connectivity index (χ4n) is 1.69. The lowest BCUT2D eigenvalue weighted by molar-refractivity contribution is -0.125. The molecule has 0 unspecified atom stereocenters. The number of rotatable bonds is 2. The maximum absolute atomic E-state index is 11.4. The maximum Gasteiger partial charge on any atom is 0.325 e. The van der Waals surface area contributed by atoms with Crippen LogP contribution in [0.5, 0.6) is 0 Å². The molecule has 8 heteroatoms. The predicted molar refractivity (Wildman–Crippen MR) is 66.4 cm³/mol. The molecule has 0 atom stereocenters. The first kappa shape index (κ1) is 11.4. The molecule has 1 saturated heterocycles. The molecule has 3 heterocycles. The van der Waals surface area contributed by atoms with Gasteiger partial charge in [-0.25, -0.2) is 14.8 Å². The van der Waals surface area contributed by atoms with Crippen LogP contribution in [0.4, 0.5) is 4.79 Å². The molecule has 0 aliphatic carbocycles. The highest BCUT2D eigenvalue weighted by molar-refractivity contribution is 7.16. The van der Waals surface area contributed by atoms with Crippen LogP contribution in [-0.2, 0) is 11.3 Å². The van der Waals surface area contributed by atoms with Crippen molar-refractivity contribution in [1.29, 1.82) is 0 Å². The number of nitrogens with zero attached hydrogens (tertiary/aromatic N) is 3. The van der Waals surface area contributed by atoms with Gasteiger partial charge in [0.15, 0.2) is 5.82 Å². The monoisotopic (exact) mass is 282 g/mol. The highest BCUT2D eigenvalue weighted by Crippen LogP contribution is 2.25. The number of urea groups is 1. The normalized spacial score (nSPS) is 15.5. The van der Waals surface area contributed by atoms with Crippen molar-refractivity contribution in [2.75, 3.05) is 6.54 Å². The topological polar surface area (TPSA) is 75.2 Å². The number of hydrogen-bond acceptors (Lipinski definition) is 5. The van der Waals surface area contributed by atoms with E-state index >= 15 is 0 Å². The Labute approximate surface area is 111 Å². The molecule has 3 rings (SSSR count). The van der Waals surface area contributed by atoms with E-state index in [0.29, 0.717) is 11.0 Å². The fraction of sp³-hybridized carbons (Fsp3) is 0.200. The summed E-state index contributed by atoms with van der Waals surface area (Å²) < 4.78 is 0. The molecule has 6 nitrogen and oxygen atoms in total. The van der Waals surface area contributed by atoms with E-state index in [4.69, 9.17) is 11.6 Å². The zero-order valence-corrected chi connectivity index (χ0v) is 10.6. The second kappa shape index (κ2) is 4.18. The van der Waals surface area contributed by atoms with Crippen molar-refractivity contribution >= 4 is 45.1 Å². The van der Waals surface area contributed by atoms with Crippen LogP contribution in [0, 0.1) is 0 Å². The van der Waals surface area contributed by atoms with Crippen molar-refractivity contribution in [2.45, 2.75) is 6.54 Å². The average molecular weight is 283 g/mol. The molecular weight excluding hydrogens is 276 g/mol. The molecule has 1 fully saturated rings. The molecule has 1 N–H and O–H groups in total. The quantitative estimate of drug-likeness (QED) is 0.667. The Kier molecular flexibility index (Phi) is 2.64. The van der Waals surface area contributed by atoms with Gasteiger partial charge in [-0.05, 0) is 11.4 Å². The summed E-state index contributed by atoms with van der Waals surface area (Å²) in [5, 5.41) is 5.42. The SMILES string of the molecule is O=C1CNC(=O)N1Cc1nc(Cl)c2ccsc2n1. The van der Waals surface area contributed by atoms with E-state index in [9.17, 15) is 9.59 Å². The van der Waals surface area contributed by atoms with Crippen molar-refractivity contribution in [3.05, 3.63) is 22.4 Å². The van der Waals surface area contributed by atoms with Crippen LogP contribution in [0.15, 0.2) is 11.4 Å². The number of hydrogen-bond donors (Lipinski definition) is 1. The van der Waals surface area contributed by atoms with Crippen LogP contribution < -0.4 is 5.32 Å². The van der Waals surface area contributed by atoms with Gasteiger partial charge in [-0.2, -0.15) is 0 Å². The highest BCUT2D eigenvalue weighted by atomic mass is 35.5. The summed E-state index contributed by atoms with van der Waals surface area (Å²) in [6, 6.07) is 1.41. The lowest BCUT2D eigenvalue weighted by Gasteiger charge is -2.10. The van der Waals surface area contributed by atoms with Gasteiger partial charge >= 0.3 is 6.03 Å². The van der Waals surface area contributed by atoms with Gasteiger partial charge in [-0.3, -0.25) is 9.69 Å². The summed E-state index contributed by atoms with van der Waals surface area (Å²) in [4.78, 5) is 33.0. The Morgan fingerprint density at radius 1 is 1.44 bits per heavy atom. The van der Waals surface area contributed by atoms with E-state index in [0.717, 1.165) is 15.1 Å². The van der Waals surface area contributed by atoms with Crippen LogP contribution in [0.1, 0.15) is 5.82 Å². The molecule has 2 aromatic heterocycles. The van der Waals surface area contributed by atoms with Gasteiger partial charge in [0.25, 0.3) is 0 Å². The summed E-state index contributed by atoms with van der Waals surface area (Å²) in [6.07, 6.45) is 0. The number of carbonyl (C=O) groups is 2. The number of imide groups is 1. The van der Waals surface area contributed by atoms with Gasteiger partial charge in [0, 0.05) is 5.39 Å². The lowest BCUT2D eigenvalue weighted by atomic mass is 10.4. The average Bonchev–Trinajstić information content (AvgIpc) is 2.91. The Morgan fingerprint density at radius 3 is 3.00 bits per heavy atom. The summed E-state index contributed by atoms with van der Waals surface area (Å²) >= 11 is 7.45. The molecule has 0 saturated carbocycles. The number of nitrogens with one attached hydrogen (secondary N) is 1. The van der Waals surface area contributed by atoms with Gasteiger partial charge in [-0.15, -0.1) is 11.3 Å². The Morgan fingerprint density at radius 2 is 2.28 bits per heavy atom. The van der Waals surface area contributed by atoms with Crippen LogP contribution in [0.2, 0.25) is 5.15 Å². The first-order valence-corrected chi connectivity index (χ1v) is 6.39. The molecule has 18 heavy (non-hydrogen) atoms. The number of thiophene rings is 1. The second-order valence-electron chi connectivity index (χ2n) is 3.71. The van der Waals surface area contributed by atoms with Crippen LogP contribution in [0.3, 0.4) is 0 Å². The molecule has 0 spiro atoms. The smallest absolute Gasteiger partial charge is 0.325 e. The highest BCUT2D eigenvalue weighted by Gasteiger charge is 2.29. The van der Waals surface area contributed by atoms with Crippen molar-refractivity contribution in [2.24, 2.45) is 0 Å². The molecule has 0 aromatic carbocycles. The van der Waals surface area contributed by atoms with Gasteiger partial charge in [0.1, 0.15) is 9.98 Å². The lowest BCUT2D eigenvalue weighted by Crippen LogP contribution is -2.31. The first-order chi connectivity index (χ1) is 8.65. The molecule has 3 amide bonds. The minimum Gasteiger partial charge on any atom is -0.329 e. The predicted octanol–water partition coefficient (Wildman–Crippen LogP) is 1.40. The van der Waals surface area contributed by atoms with Crippen molar-refractivity contribution in [3.8, 4) is 0 Å². The Balaban J connectivity index is 1.95. The van der Waals surface area contributed by atoms with Crippen molar-refractivity contribution in [3.63, 3.8) is 0 Å². The Bertz CT molecular complexity index is 640. The number of amides is 3. The number of halogens is 1. The molecule has 2 aromatic rings. The van der Waals surface area contributed by atoms with Crippen molar-refractivity contribution in [1.82, 2.24) is 20.2 Å². The van der Waals surface area contributed by atoms with E-state index in [1.54, 1.807) is 0 Å². The van der Waals surface area contributed by atoms with Crippen molar-refractivity contribution < 1.29 is 9.59 Å². The number of aromatic nitrogens is 2. The second-order valence-corrected chi connectivity index (χ2v) is 4.96. The van der Waals surface area contributed by atoms with Gasteiger partial charge in [0.05, 0.1) is 13.1 Å². The Hall–Kier alpha value is -1.73. The zero-order valence-electron chi connectivity index (χ0n) is 9.01. The minimum atomic E-state index is -0.425. The standard InChI is InChI=1S/C10H7ClN4O2S/c11-8-5-1-2-18-9(5)14-6(13-8)4-15-7(16)3-12-10(15)17/h1-2H,3-4H2,(H,12,17). The third-order valence-corrected chi connectivity index (χ3v) is 3.66. The summed E-state index contributed by atoms with van der Waals surface area (Å²) in [7, 11) is 0. The van der Waals surface area contributed by atoms with Crippen LogP contribution in [-0.4, -0.2) is 33.4 Å². The zero-order chi connectivity index (χ0) is 12.7. The maximum atomic E-state index is 11.4. The minimum absolute atomic E-state index is 0.0216. The summed E-state index contributed by atoms with van der Waals surface area (Å²) in [6.45, 7) is 0.0615. The molecule has 0 radical (unpaired) electrons. The van der Waals surface area contributed by atoms with E-state index < -0.39 is 6.03 Å². The molecule has 92 valence electrons.